The van der Waals surface area contributed by atoms with E-state index >= 15 is 0 Å². The molecule has 1 aliphatic carbocycles. The lowest BCUT2D eigenvalue weighted by molar-refractivity contribution is 0.0657. The zero-order valence-corrected chi connectivity index (χ0v) is 15.5. The molecular formula is C19H30N4O2. The van der Waals surface area contributed by atoms with E-state index in [1.807, 2.05) is 4.90 Å². The summed E-state index contributed by atoms with van der Waals surface area (Å²) < 4.78 is 5.23. The Hall–Kier alpha value is -1.98. The Labute approximate surface area is 150 Å². The molecule has 1 aliphatic heterocycles. The van der Waals surface area contributed by atoms with Crippen molar-refractivity contribution in [3.63, 3.8) is 0 Å². The summed E-state index contributed by atoms with van der Waals surface area (Å²) in [6.45, 7) is 9.20. The molecule has 1 amide bonds. The van der Waals surface area contributed by atoms with Crippen molar-refractivity contribution in [3.8, 4) is 0 Å². The van der Waals surface area contributed by atoms with Crippen LogP contribution < -0.4 is 5.32 Å². The van der Waals surface area contributed by atoms with Gasteiger partial charge in [0.1, 0.15) is 0 Å². The molecule has 0 atom stereocenters. The van der Waals surface area contributed by atoms with E-state index in [0.29, 0.717) is 24.3 Å². The first kappa shape index (κ1) is 17.8. The fraction of sp³-hybridized carbons (Fsp3) is 0.684. The molecule has 0 radical (unpaired) electrons. The van der Waals surface area contributed by atoms with Gasteiger partial charge >= 0.3 is 0 Å². The highest BCUT2D eigenvalue weighted by molar-refractivity contribution is 5.91. The zero-order valence-electron chi connectivity index (χ0n) is 15.5. The SMILES string of the molecule is CCNC(=NCC1(C)CCCC1)N1CCN(C(=O)c2ccco2)CC1. The standard InChI is InChI=1S/C19H30N4O2/c1-3-20-18(21-15-19(2)8-4-5-9-19)23-12-10-22(11-13-23)17(24)16-7-6-14-25-16/h6-7,14H,3-5,8-13,15H2,1-2H3,(H,20,21). The molecule has 3 rings (SSSR count). The monoisotopic (exact) mass is 346 g/mol. The van der Waals surface area contributed by atoms with Crippen molar-refractivity contribution in [2.75, 3.05) is 39.3 Å². The van der Waals surface area contributed by atoms with Crippen LogP contribution >= 0.6 is 0 Å². The Kier molecular flexibility index (Phi) is 5.66. The topological polar surface area (TPSA) is 61.1 Å². The predicted molar refractivity (Wildman–Crippen MR) is 98.7 cm³/mol. The molecule has 1 N–H and O–H groups in total. The van der Waals surface area contributed by atoms with Gasteiger partial charge in [-0.15, -0.1) is 0 Å². The quantitative estimate of drug-likeness (QED) is 0.672. The van der Waals surface area contributed by atoms with Gasteiger partial charge in [0.15, 0.2) is 11.7 Å². The van der Waals surface area contributed by atoms with Gasteiger partial charge < -0.3 is 19.5 Å². The Morgan fingerprint density at radius 1 is 1.24 bits per heavy atom. The summed E-state index contributed by atoms with van der Waals surface area (Å²) in [4.78, 5) is 21.4. The Morgan fingerprint density at radius 3 is 2.52 bits per heavy atom. The third-order valence-electron chi connectivity index (χ3n) is 5.35. The van der Waals surface area contributed by atoms with E-state index in [2.05, 4.69) is 24.1 Å². The smallest absolute Gasteiger partial charge is 0.289 e. The van der Waals surface area contributed by atoms with E-state index in [1.165, 1.54) is 25.7 Å². The number of hydrogen-bond donors (Lipinski definition) is 1. The molecule has 0 aromatic carbocycles. The number of hydrogen-bond acceptors (Lipinski definition) is 3. The van der Waals surface area contributed by atoms with Gasteiger partial charge in [-0.2, -0.15) is 0 Å². The van der Waals surface area contributed by atoms with Crippen LogP contribution in [-0.4, -0.2) is 60.9 Å². The minimum absolute atomic E-state index is 0.0231. The van der Waals surface area contributed by atoms with E-state index in [0.717, 1.165) is 32.1 Å². The van der Waals surface area contributed by atoms with Crippen molar-refractivity contribution in [3.05, 3.63) is 24.2 Å². The number of amides is 1. The maximum absolute atomic E-state index is 12.4. The van der Waals surface area contributed by atoms with Crippen LogP contribution in [-0.2, 0) is 0 Å². The number of rotatable bonds is 4. The summed E-state index contributed by atoms with van der Waals surface area (Å²) in [5.41, 5.74) is 0.359. The van der Waals surface area contributed by atoms with Crippen molar-refractivity contribution < 1.29 is 9.21 Å². The average Bonchev–Trinajstić information content (AvgIpc) is 3.30. The number of aliphatic imine (C=N–C) groups is 1. The summed E-state index contributed by atoms with van der Waals surface area (Å²) >= 11 is 0. The van der Waals surface area contributed by atoms with Gasteiger partial charge in [-0.05, 0) is 37.3 Å². The highest BCUT2D eigenvalue weighted by Crippen LogP contribution is 2.37. The lowest BCUT2D eigenvalue weighted by atomic mass is 9.89. The second-order valence-corrected chi connectivity index (χ2v) is 7.44. The van der Waals surface area contributed by atoms with Gasteiger partial charge in [-0.25, -0.2) is 0 Å². The van der Waals surface area contributed by atoms with Gasteiger partial charge in [-0.1, -0.05) is 19.8 Å². The van der Waals surface area contributed by atoms with Gasteiger partial charge in [0.2, 0.25) is 0 Å². The largest absolute Gasteiger partial charge is 0.459 e. The number of nitrogens with one attached hydrogen (secondary N) is 1. The molecule has 2 aliphatic rings. The second kappa shape index (κ2) is 7.93. The van der Waals surface area contributed by atoms with Crippen LogP contribution in [0.5, 0.6) is 0 Å². The molecule has 2 heterocycles. The molecule has 25 heavy (non-hydrogen) atoms. The number of carbonyl (C=O) groups excluding carboxylic acids is 1. The molecular weight excluding hydrogens is 316 g/mol. The van der Waals surface area contributed by atoms with Crippen LogP contribution in [0.1, 0.15) is 50.1 Å². The molecule has 1 saturated carbocycles. The Balaban J connectivity index is 1.57. The first-order valence-corrected chi connectivity index (χ1v) is 9.47. The van der Waals surface area contributed by atoms with Crippen molar-refractivity contribution in [2.24, 2.45) is 10.4 Å². The van der Waals surface area contributed by atoms with E-state index < -0.39 is 0 Å². The predicted octanol–water partition coefficient (Wildman–Crippen LogP) is 2.58. The number of carbonyl (C=O) groups is 1. The Morgan fingerprint density at radius 2 is 1.92 bits per heavy atom. The molecule has 1 aromatic rings. The lowest BCUT2D eigenvalue weighted by Crippen LogP contribution is -2.54. The van der Waals surface area contributed by atoms with Gasteiger partial charge in [-0.3, -0.25) is 9.79 Å². The van der Waals surface area contributed by atoms with E-state index in [1.54, 1.807) is 18.4 Å². The van der Waals surface area contributed by atoms with Crippen LogP contribution in [0.25, 0.3) is 0 Å². The highest BCUT2D eigenvalue weighted by atomic mass is 16.3. The number of furan rings is 1. The van der Waals surface area contributed by atoms with Crippen molar-refractivity contribution in [1.82, 2.24) is 15.1 Å². The molecule has 1 aromatic heterocycles. The molecule has 0 unspecified atom stereocenters. The summed E-state index contributed by atoms with van der Waals surface area (Å²) in [7, 11) is 0. The van der Waals surface area contributed by atoms with E-state index in [4.69, 9.17) is 9.41 Å². The fourth-order valence-electron chi connectivity index (χ4n) is 3.76. The fourth-order valence-corrected chi connectivity index (χ4v) is 3.76. The Bertz CT molecular complexity index is 583. The summed E-state index contributed by atoms with van der Waals surface area (Å²) in [5.74, 6) is 1.38. The first-order chi connectivity index (χ1) is 12.1. The highest BCUT2D eigenvalue weighted by Gasteiger charge is 2.29. The minimum atomic E-state index is -0.0231. The van der Waals surface area contributed by atoms with Crippen LogP contribution in [0.3, 0.4) is 0 Å². The van der Waals surface area contributed by atoms with Crippen molar-refractivity contribution in [2.45, 2.75) is 39.5 Å². The van der Waals surface area contributed by atoms with Crippen LogP contribution in [0.15, 0.2) is 27.8 Å². The second-order valence-electron chi connectivity index (χ2n) is 7.44. The third-order valence-corrected chi connectivity index (χ3v) is 5.35. The number of guanidine groups is 1. The maximum atomic E-state index is 12.4. The summed E-state index contributed by atoms with van der Waals surface area (Å²) in [6.07, 6.45) is 6.76. The van der Waals surface area contributed by atoms with Gasteiger partial charge in [0.25, 0.3) is 5.91 Å². The lowest BCUT2D eigenvalue weighted by Gasteiger charge is -2.36. The molecule has 6 nitrogen and oxygen atoms in total. The van der Waals surface area contributed by atoms with E-state index in [-0.39, 0.29) is 5.91 Å². The zero-order chi connectivity index (χ0) is 17.7. The summed E-state index contributed by atoms with van der Waals surface area (Å²) in [6, 6.07) is 3.48. The number of piperazine rings is 1. The molecule has 2 fully saturated rings. The third kappa shape index (κ3) is 4.35. The molecule has 1 saturated heterocycles. The van der Waals surface area contributed by atoms with E-state index in [9.17, 15) is 4.79 Å². The normalized spacial score (nSPS) is 20.8. The summed E-state index contributed by atoms with van der Waals surface area (Å²) in [5, 5.41) is 3.42. The molecule has 138 valence electrons. The minimum Gasteiger partial charge on any atom is -0.459 e. The van der Waals surface area contributed by atoms with Crippen molar-refractivity contribution >= 4 is 11.9 Å². The van der Waals surface area contributed by atoms with Crippen molar-refractivity contribution in [1.29, 1.82) is 0 Å². The van der Waals surface area contributed by atoms with Gasteiger partial charge in [0.05, 0.1) is 6.26 Å². The van der Waals surface area contributed by atoms with Crippen LogP contribution in [0, 0.1) is 5.41 Å². The number of nitrogens with zero attached hydrogens (tertiary/aromatic N) is 3. The maximum Gasteiger partial charge on any atom is 0.289 e. The molecule has 6 heteroatoms. The van der Waals surface area contributed by atoms with Crippen LogP contribution in [0.4, 0.5) is 0 Å². The van der Waals surface area contributed by atoms with Crippen LogP contribution in [0.2, 0.25) is 0 Å². The average molecular weight is 346 g/mol. The molecule has 0 bridgehead atoms. The van der Waals surface area contributed by atoms with Gasteiger partial charge in [0, 0.05) is 39.3 Å². The first-order valence-electron chi connectivity index (χ1n) is 9.47. The molecule has 0 spiro atoms.